The Morgan fingerprint density at radius 3 is 2.28 bits per heavy atom. The second-order valence-corrected chi connectivity index (χ2v) is 6.09. The molecule has 0 aliphatic carbocycles. The SMILES string of the molecule is COC(=O)c1ccc(C(=O)OC)c(NC(=O)COc2ccc3ccccc3c2)c1. The Labute approximate surface area is 167 Å². The van der Waals surface area contributed by atoms with Gasteiger partial charge in [-0.3, -0.25) is 4.79 Å². The van der Waals surface area contributed by atoms with Gasteiger partial charge in [-0.1, -0.05) is 30.3 Å². The van der Waals surface area contributed by atoms with Gasteiger partial charge in [0.1, 0.15) is 5.75 Å². The molecular weight excluding hydrogens is 374 g/mol. The third-order valence-electron chi connectivity index (χ3n) is 4.21. The number of hydrogen-bond acceptors (Lipinski definition) is 6. The molecule has 1 N–H and O–H groups in total. The highest BCUT2D eigenvalue weighted by molar-refractivity contribution is 6.03. The summed E-state index contributed by atoms with van der Waals surface area (Å²) in [5.41, 5.74) is 0.428. The van der Waals surface area contributed by atoms with E-state index in [0.717, 1.165) is 10.8 Å². The van der Waals surface area contributed by atoms with Crippen LogP contribution in [-0.2, 0) is 14.3 Å². The molecule has 3 rings (SSSR count). The largest absolute Gasteiger partial charge is 0.484 e. The fraction of sp³-hybridized carbons (Fsp3) is 0.136. The molecule has 29 heavy (non-hydrogen) atoms. The van der Waals surface area contributed by atoms with Gasteiger partial charge in [0.2, 0.25) is 0 Å². The van der Waals surface area contributed by atoms with Crippen molar-refractivity contribution in [2.24, 2.45) is 0 Å². The molecule has 0 bridgehead atoms. The molecular formula is C22H19NO6. The van der Waals surface area contributed by atoms with Crippen molar-refractivity contribution in [3.8, 4) is 5.75 Å². The van der Waals surface area contributed by atoms with Gasteiger partial charge in [0.25, 0.3) is 5.91 Å². The Bertz CT molecular complexity index is 1080. The summed E-state index contributed by atoms with van der Waals surface area (Å²) in [5, 5.41) is 4.63. The molecule has 0 saturated carbocycles. The van der Waals surface area contributed by atoms with Gasteiger partial charge in [0, 0.05) is 0 Å². The number of nitrogens with one attached hydrogen (secondary N) is 1. The third kappa shape index (κ3) is 4.70. The van der Waals surface area contributed by atoms with Crippen LogP contribution >= 0.6 is 0 Å². The molecule has 0 aromatic heterocycles. The first-order chi connectivity index (χ1) is 14.0. The van der Waals surface area contributed by atoms with E-state index in [-0.39, 0.29) is 23.4 Å². The summed E-state index contributed by atoms with van der Waals surface area (Å²) in [4.78, 5) is 36.1. The van der Waals surface area contributed by atoms with Crippen molar-refractivity contribution in [1.29, 1.82) is 0 Å². The van der Waals surface area contributed by atoms with Crippen molar-refractivity contribution >= 4 is 34.3 Å². The smallest absolute Gasteiger partial charge is 0.339 e. The number of carbonyl (C=O) groups is 3. The van der Waals surface area contributed by atoms with Gasteiger partial charge in [-0.25, -0.2) is 9.59 Å². The van der Waals surface area contributed by atoms with Crippen LogP contribution in [0.1, 0.15) is 20.7 Å². The third-order valence-corrected chi connectivity index (χ3v) is 4.21. The average Bonchev–Trinajstić information content (AvgIpc) is 2.76. The van der Waals surface area contributed by atoms with Crippen molar-refractivity contribution in [2.75, 3.05) is 26.1 Å². The lowest BCUT2D eigenvalue weighted by Crippen LogP contribution is -2.22. The minimum absolute atomic E-state index is 0.110. The molecule has 7 heteroatoms. The minimum atomic E-state index is -0.646. The molecule has 3 aromatic rings. The van der Waals surface area contributed by atoms with Gasteiger partial charge >= 0.3 is 11.9 Å². The summed E-state index contributed by atoms with van der Waals surface area (Å²) in [6, 6.07) is 17.4. The molecule has 0 aliphatic rings. The fourth-order valence-electron chi connectivity index (χ4n) is 2.77. The van der Waals surface area contributed by atoms with Crippen LogP contribution in [-0.4, -0.2) is 38.7 Å². The summed E-state index contributed by atoms with van der Waals surface area (Å²) in [6.07, 6.45) is 0. The summed E-state index contributed by atoms with van der Waals surface area (Å²) in [6.45, 7) is -0.276. The van der Waals surface area contributed by atoms with E-state index in [9.17, 15) is 14.4 Å². The Balaban J connectivity index is 1.74. The first-order valence-electron chi connectivity index (χ1n) is 8.74. The van der Waals surface area contributed by atoms with Crippen molar-refractivity contribution < 1.29 is 28.6 Å². The van der Waals surface area contributed by atoms with Crippen molar-refractivity contribution in [1.82, 2.24) is 0 Å². The van der Waals surface area contributed by atoms with E-state index in [2.05, 4.69) is 10.1 Å². The van der Waals surface area contributed by atoms with E-state index in [1.807, 2.05) is 36.4 Å². The Morgan fingerprint density at radius 1 is 0.828 bits per heavy atom. The van der Waals surface area contributed by atoms with E-state index in [1.165, 1.54) is 32.4 Å². The van der Waals surface area contributed by atoms with E-state index < -0.39 is 17.8 Å². The topological polar surface area (TPSA) is 90.9 Å². The van der Waals surface area contributed by atoms with Crippen LogP contribution in [0.3, 0.4) is 0 Å². The van der Waals surface area contributed by atoms with Crippen LogP contribution in [0.15, 0.2) is 60.7 Å². The molecule has 0 spiro atoms. The maximum absolute atomic E-state index is 12.4. The summed E-state index contributed by atoms with van der Waals surface area (Å²) in [5.74, 6) is -1.20. The highest BCUT2D eigenvalue weighted by atomic mass is 16.5. The predicted octanol–water partition coefficient (Wildman–Crippen LogP) is 3.43. The molecule has 0 heterocycles. The molecule has 0 saturated heterocycles. The number of esters is 2. The number of anilines is 1. The van der Waals surface area contributed by atoms with Crippen LogP contribution in [0.4, 0.5) is 5.69 Å². The summed E-state index contributed by atoms with van der Waals surface area (Å²) >= 11 is 0. The Kier molecular flexibility index (Phi) is 6.09. The Morgan fingerprint density at radius 2 is 1.55 bits per heavy atom. The van der Waals surface area contributed by atoms with Crippen LogP contribution < -0.4 is 10.1 Å². The highest BCUT2D eigenvalue weighted by Gasteiger charge is 2.17. The van der Waals surface area contributed by atoms with Gasteiger partial charge in [-0.2, -0.15) is 0 Å². The van der Waals surface area contributed by atoms with E-state index in [1.54, 1.807) is 6.07 Å². The molecule has 148 valence electrons. The molecule has 3 aromatic carbocycles. The first-order valence-corrected chi connectivity index (χ1v) is 8.74. The lowest BCUT2D eigenvalue weighted by molar-refractivity contribution is -0.118. The number of benzene rings is 3. The number of fused-ring (bicyclic) bond motifs is 1. The van der Waals surface area contributed by atoms with E-state index >= 15 is 0 Å². The van der Waals surface area contributed by atoms with Gasteiger partial charge in [0.05, 0.1) is 31.0 Å². The zero-order valence-electron chi connectivity index (χ0n) is 15.9. The highest BCUT2D eigenvalue weighted by Crippen LogP contribution is 2.22. The zero-order valence-corrected chi connectivity index (χ0v) is 15.9. The second-order valence-electron chi connectivity index (χ2n) is 6.09. The predicted molar refractivity (Wildman–Crippen MR) is 107 cm³/mol. The quantitative estimate of drug-likeness (QED) is 0.645. The molecule has 1 amide bonds. The van der Waals surface area contributed by atoms with Crippen LogP contribution in [0, 0.1) is 0 Å². The molecule has 0 unspecified atom stereocenters. The standard InChI is InChI=1S/C22H19NO6/c1-27-21(25)16-8-10-18(22(26)28-2)19(12-16)23-20(24)13-29-17-9-7-14-5-3-4-6-15(14)11-17/h3-12H,13H2,1-2H3,(H,23,24). The summed E-state index contributed by atoms with van der Waals surface area (Å²) in [7, 11) is 2.47. The number of rotatable bonds is 6. The number of amides is 1. The maximum Gasteiger partial charge on any atom is 0.339 e. The van der Waals surface area contributed by atoms with Gasteiger partial charge in [-0.15, -0.1) is 0 Å². The number of hydrogen-bond donors (Lipinski definition) is 1. The van der Waals surface area contributed by atoms with Crippen molar-refractivity contribution in [3.63, 3.8) is 0 Å². The van der Waals surface area contributed by atoms with Gasteiger partial charge in [-0.05, 0) is 41.1 Å². The molecule has 0 radical (unpaired) electrons. The number of ether oxygens (including phenoxy) is 3. The minimum Gasteiger partial charge on any atom is -0.484 e. The number of methoxy groups -OCH3 is 2. The first kappa shape index (κ1) is 19.9. The monoisotopic (exact) mass is 393 g/mol. The van der Waals surface area contributed by atoms with E-state index in [0.29, 0.717) is 5.75 Å². The zero-order chi connectivity index (χ0) is 20.8. The van der Waals surface area contributed by atoms with Crippen LogP contribution in [0.2, 0.25) is 0 Å². The molecule has 0 atom stereocenters. The number of carbonyl (C=O) groups excluding carboxylic acids is 3. The molecule has 0 aliphatic heterocycles. The maximum atomic E-state index is 12.4. The van der Waals surface area contributed by atoms with Gasteiger partial charge in [0.15, 0.2) is 6.61 Å². The molecule has 7 nitrogen and oxygen atoms in total. The van der Waals surface area contributed by atoms with E-state index in [4.69, 9.17) is 9.47 Å². The lowest BCUT2D eigenvalue weighted by Gasteiger charge is -2.12. The lowest BCUT2D eigenvalue weighted by atomic mass is 10.1. The van der Waals surface area contributed by atoms with Gasteiger partial charge < -0.3 is 19.5 Å². The van der Waals surface area contributed by atoms with Crippen LogP contribution in [0.25, 0.3) is 10.8 Å². The van der Waals surface area contributed by atoms with Crippen LogP contribution in [0.5, 0.6) is 5.75 Å². The average molecular weight is 393 g/mol. The fourth-order valence-corrected chi connectivity index (χ4v) is 2.77. The Hall–Kier alpha value is -3.87. The molecule has 0 fully saturated rings. The normalized spacial score (nSPS) is 10.3. The van der Waals surface area contributed by atoms with Crippen molar-refractivity contribution in [3.05, 3.63) is 71.8 Å². The second kappa shape index (κ2) is 8.88. The summed E-state index contributed by atoms with van der Waals surface area (Å²) < 4.78 is 14.9. The van der Waals surface area contributed by atoms with Crippen molar-refractivity contribution in [2.45, 2.75) is 0 Å².